The maximum atomic E-state index is 13.7. The van der Waals surface area contributed by atoms with E-state index in [2.05, 4.69) is 5.10 Å². The van der Waals surface area contributed by atoms with Crippen LogP contribution >= 0.6 is 11.6 Å². The fraction of sp³-hybridized carbons (Fsp3) is 0. The third-order valence-corrected chi connectivity index (χ3v) is 2.76. The number of nitrogens with zero attached hydrogens (tertiary/aromatic N) is 1. The van der Waals surface area contributed by atoms with Crippen molar-refractivity contribution in [1.82, 2.24) is 0 Å². The Labute approximate surface area is 109 Å². The second kappa shape index (κ2) is 5.06. The van der Waals surface area contributed by atoms with Gasteiger partial charge in [-0.1, -0.05) is 23.7 Å². The molecule has 3 nitrogen and oxygen atoms in total. The molecule has 0 spiro atoms. The van der Waals surface area contributed by atoms with Crippen molar-refractivity contribution in [2.75, 3.05) is 5.73 Å². The Morgan fingerprint density at radius 3 is 2.50 bits per heavy atom. The van der Waals surface area contributed by atoms with Crippen LogP contribution in [0.15, 0.2) is 47.6 Å². The highest BCUT2D eigenvalue weighted by atomic mass is 35.5. The molecule has 4 N–H and O–H groups in total. The highest BCUT2D eigenvalue weighted by molar-refractivity contribution is 6.31. The Morgan fingerprint density at radius 1 is 1.11 bits per heavy atom. The molecule has 5 heteroatoms. The van der Waals surface area contributed by atoms with E-state index < -0.39 is 5.82 Å². The predicted octanol–water partition coefficient (Wildman–Crippen LogP) is 2.77. The number of halogens is 2. The monoisotopic (exact) mass is 263 g/mol. The van der Waals surface area contributed by atoms with Gasteiger partial charge in [-0.2, -0.15) is 5.10 Å². The zero-order valence-corrected chi connectivity index (χ0v) is 10.2. The lowest BCUT2D eigenvalue weighted by atomic mass is 10.0. The van der Waals surface area contributed by atoms with Gasteiger partial charge in [0, 0.05) is 21.8 Å². The molecule has 0 unspecified atom stereocenters. The predicted molar refractivity (Wildman–Crippen MR) is 72.1 cm³/mol. The molecule has 2 aromatic rings. The SMILES string of the molecule is NN=C(c1cc(Cl)ccc1N)c1ccccc1F. The van der Waals surface area contributed by atoms with E-state index in [9.17, 15) is 4.39 Å². The molecule has 2 aromatic carbocycles. The zero-order chi connectivity index (χ0) is 13.1. The van der Waals surface area contributed by atoms with Gasteiger partial charge in [-0.3, -0.25) is 0 Å². The summed E-state index contributed by atoms with van der Waals surface area (Å²) in [5.41, 5.74) is 7.34. The molecular formula is C13H11ClFN3. The lowest BCUT2D eigenvalue weighted by molar-refractivity contribution is 0.625. The molecule has 18 heavy (non-hydrogen) atoms. The molecule has 0 fully saturated rings. The second-order valence-electron chi connectivity index (χ2n) is 3.69. The third-order valence-electron chi connectivity index (χ3n) is 2.53. The Balaban J connectivity index is 2.60. The number of benzene rings is 2. The Hall–Kier alpha value is -2.07. The molecule has 0 atom stereocenters. The fourth-order valence-corrected chi connectivity index (χ4v) is 1.84. The van der Waals surface area contributed by atoms with E-state index in [1.807, 2.05) is 0 Å². The number of nitrogens with two attached hydrogens (primary N) is 2. The first-order chi connectivity index (χ1) is 8.63. The zero-order valence-electron chi connectivity index (χ0n) is 9.40. The summed E-state index contributed by atoms with van der Waals surface area (Å²) in [6, 6.07) is 11.1. The summed E-state index contributed by atoms with van der Waals surface area (Å²) >= 11 is 5.90. The van der Waals surface area contributed by atoms with Crippen molar-refractivity contribution in [2.45, 2.75) is 0 Å². The van der Waals surface area contributed by atoms with Gasteiger partial charge in [-0.05, 0) is 30.3 Å². The van der Waals surface area contributed by atoms with E-state index in [0.29, 0.717) is 16.3 Å². The Kier molecular flexibility index (Phi) is 3.48. The minimum atomic E-state index is -0.416. The smallest absolute Gasteiger partial charge is 0.132 e. The van der Waals surface area contributed by atoms with Crippen molar-refractivity contribution in [3.8, 4) is 0 Å². The first-order valence-corrected chi connectivity index (χ1v) is 5.59. The molecule has 0 radical (unpaired) electrons. The summed E-state index contributed by atoms with van der Waals surface area (Å²) in [6.07, 6.45) is 0. The molecule has 0 aliphatic carbocycles. The molecule has 0 aliphatic heterocycles. The first-order valence-electron chi connectivity index (χ1n) is 5.21. The number of hydrogen-bond acceptors (Lipinski definition) is 3. The highest BCUT2D eigenvalue weighted by Crippen LogP contribution is 2.22. The van der Waals surface area contributed by atoms with E-state index in [-0.39, 0.29) is 11.3 Å². The van der Waals surface area contributed by atoms with Crippen LogP contribution in [0, 0.1) is 5.82 Å². The van der Waals surface area contributed by atoms with Crippen LogP contribution in [0.4, 0.5) is 10.1 Å². The summed E-state index contributed by atoms with van der Waals surface area (Å²) < 4.78 is 13.7. The van der Waals surface area contributed by atoms with Gasteiger partial charge in [-0.15, -0.1) is 0 Å². The van der Waals surface area contributed by atoms with E-state index in [0.717, 1.165) is 0 Å². The third kappa shape index (κ3) is 2.28. The van der Waals surface area contributed by atoms with Crippen LogP contribution in [-0.2, 0) is 0 Å². The molecule has 0 saturated heterocycles. The molecule has 0 heterocycles. The second-order valence-corrected chi connectivity index (χ2v) is 4.13. The van der Waals surface area contributed by atoms with E-state index >= 15 is 0 Å². The Bertz CT molecular complexity index is 611. The van der Waals surface area contributed by atoms with Crippen molar-refractivity contribution in [1.29, 1.82) is 0 Å². The standard InChI is InChI=1S/C13H11ClFN3/c14-8-5-6-12(16)10(7-8)13(18-17)9-3-1-2-4-11(9)15/h1-7H,16-17H2. The number of rotatable bonds is 2. The minimum Gasteiger partial charge on any atom is -0.398 e. The summed E-state index contributed by atoms with van der Waals surface area (Å²) in [4.78, 5) is 0. The summed E-state index contributed by atoms with van der Waals surface area (Å²) in [6.45, 7) is 0. The van der Waals surface area contributed by atoms with Crippen molar-refractivity contribution in [3.63, 3.8) is 0 Å². The van der Waals surface area contributed by atoms with Crippen LogP contribution < -0.4 is 11.6 Å². The number of hydrogen-bond donors (Lipinski definition) is 2. The molecule has 0 bridgehead atoms. The molecule has 2 rings (SSSR count). The van der Waals surface area contributed by atoms with Crippen molar-refractivity contribution in [3.05, 3.63) is 64.4 Å². The maximum absolute atomic E-state index is 13.7. The summed E-state index contributed by atoms with van der Waals surface area (Å²) in [7, 11) is 0. The fourth-order valence-electron chi connectivity index (χ4n) is 1.67. The summed E-state index contributed by atoms with van der Waals surface area (Å²) in [5, 5.41) is 4.11. The molecule has 0 aromatic heterocycles. The van der Waals surface area contributed by atoms with E-state index in [1.54, 1.807) is 36.4 Å². The van der Waals surface area contributed by atoms with Gasteiger partial charge in [-0.25, -0.2) is 4.39 Å². The van der Waals surface area contributed by atoms with Gasteiger partial charge >= 0.3 is 0 Å². The van der Waals surface area contributed by atoms with Crippen LogP contribution in [0.2, 0.25) is 5.02 Å². The molecule has 92 valence electrons. The van der Waals surface area contributed by atoms with Crippen molar-refractivity contribution < 1.29 is 4.39 Å². The quantitative estimate of drug-likeness (QED) is 0.379. The van der Waals surface area contributed by atoms with Gasteiger partial charge in [0.25, 0.3) is 0 Å². The lowest BCUT2D eigenvalue weighted by Gasteiger charge is -2.10. The number of nitrogen functional groups attached to an aromatic ring is 1. The lowest BCUT2D eigenvalue weighted by Crippen LogP contribution is -2.11. The minimum absolute atomic E-state index is 0.271. The highest BCUT2D eigenvalue weighted by Gasteiger charge is 2.14. The normalized spacial score (nSPS) is 11.6. The topological polar surface area (TPSA) is 64.4 Å². The Morgan fingerprint density at radius 2 is 1.83 bits per heavy atom. The van der Waals surface area contributed by atoms with Crippen LogP contribution in [-0.4, -0.2) is 5.71 Å². The van der Waals surface area contributed by atoms with Crippen molar-refractivity contribution in [2.24, 2.45) is 10.9 Å². The van der Waals surface area contributed by atoms with E-state index in [1.165, 1.54) is 6.07 Å². The van der Waals surface area contributed by atoms with Gasteiger partial charge in [0.15, 0.2) is 0 Å². The maximum Gasteiger partial charge on any atom is 0.132 e. The van der Waals surface area contributed by atoms with Gasteiger partial charge in [0.05, 0.1) is 0 Å². The summed E-state index contributed by atoms with van der Waals surface area (Å²) in [5.74, 6) is 4.93. The average Bonchev–Trinajstić information content (AvgIpc) is 2.36. The number of anilines is 1. The van der Waals surface area contributed by atoms with Gasteiger partial charge in [0.2, 0.25) is 0 Å². The van der Waals surface area contributed by atoms with Crippen LogP contribution in [0.5, 0.6) is 0 Å². The average molecular weight is 264 g/mol. The molecule has 0 amide bonds. The molecule has 0 aliphatic rings. The van der Waals surface area contributed by atoms with Crippen LogP contribution in [0.3, 0.4) is 0 Å². The molecular weight excluding hydrogens is 253 g/mol. The van der Waals surface area contributed by atoms with Crippen LogP contribution in [0.25, 0.3) is 0 Å². The van der Waals surface area contributed by atoms with Gasteiger partial charge < -0.3 is 11.6 Å². The van der Waals surface area contributed by atoms with Gasteiger partial charge in [0.1, 0.15) is 11.5 Å². The number of hydrazone groups is 1. The van der Waals surface area contributed by atoms with Crippen molar-refractivity contribution >= 4 is 23.0 Å². The van der Waals surface area contributed by atoms with Crippen LogP contribution in [0.1, 0.15) is 11.1 Å². The largest absolute Gasteiger partial charge is 0.398 e. The molecule has 0 saturated carbocycles. The van der Waals surface area contributed by atoms with E-state index in [4.69, 9.17) is 23.2 Å². The first kappa shape index (κ1) is 12.4.